The number of ether oxygens (including phenoxy) is 1. The van der Waals surface area contributed by atoms with Crippen LogP contribution in [0.25, 0.3) is 11.3 Å². The van der Waals surface area contributed by atoms with Crippen LogP contribution in [0, 0.1) is 6.92 Å². The van der Waals surface area contributed by atoms with Crippen molar-refractivity contribution in [2.24, 2.45) is 0 Å². The average Bonchev–Trinajstić information content (AvgIpc) is 2.70. The van der Waals surface area contributed by atoms with E-state index in [0.29, 0.717) is 19.1 Å². The van der Waals surface area contributed by atoms with Gasteiger partial charge in [-0.3, -0.25) is 0 Å². The van der Waals surface area contributed by atoms with Gasteiger partial charge in [-0.1, -0.05) is 55.5 Å². The second kappa shape index (κ2) is 9.14. The van der Waals surface area contributed by atoms with Crippen molar-refractivity contribution in [3.8, 4) is 11.3 Å². The van der Waals surface area contributed by atoms with Gasteiger partial charge >= 0.3 is 0 Å². The van der Waals surface area contributed by atoms with Crippen molar-refractivity contribution in [2.45, 2.75) is 20.3 Å². The van der Waals surface area contributed by atoms with Gasteiger partial charge < -0.3 is 15.4 Å². The van der Waals surface area contributed by atoms with E-state index >= 15 is 0 Å². The fourth-order valence-electron chi connectivity index (χ4n) is 2.94. The molecular formula is C22H26N4O. The SMILES string of the molecule is CCc1cccc(C)c1Nc1cc(-c2ccccc2)nc(NCCOC)n1. The molecule has 0 aliphatic rings. The smallest absolute Gasteiger partial charge is 0.225 e. The standard InChI is InChI=1S/C22H26N4O/c1-4-17-12-8-9-16(2)21(17)25-20-15-19(18-10-6-5-7-11-18)24-22(26-20)23-13-14-27-3/h5-12,15H,4,13-14H2,1-3H3,(H2,23,24,25,26). The molecule has 0 saturated heterocycles. The molecule has 0 saturated carbocycles. The summed E-state index contributed by atoms with van der Waals surface area (Å²) in [5.74, 6) is 1.36. The zero-order valence-electron chi connectivity index (χ0n) is 16.1. The first-order valence-electron chi connectivity index (χ1n) is 9.24. The molecule has 2 N–H and O–H groups in total. The quantitative estimate of drug-likeness (QED) is 0.563. The van der Waals surface area contributed by atoms with Gasteiger partial charge in [0.25, 0.3) is 0 Å². The number of nitrogens with one attached hydrogen (secondary N) is 2. The predicted molar refractivity (Wildman–Crippen MR) is 112 cm³/mol. The van der Waals surface area contributed by atoms with Crippen LogP contribution in [0.3, 0.4) is 0 Å². The second-order valence-corrected chi connectivity index (χ2v) is 6.34. The third-order valence-electron chi connectivity index (χ3n) is 4.38. The molecule has 0 atom stereocenters. The first-order chi connectivity index (χ1) is 13.2. The highest BCUT2D eigenvalue weighted by Gasteiger charge is 2.10. The number of hydrogen-bond acceptors (Lipinski definition) is 5. The number of methoxy groups -OCH3 is 1. The first kappa shape index (κ1) is 18.9. The highest BCUT2D eigenvalue weighted by Crippen LogP contribution is 2.27. The van der Waals surface area contributed by atoms with Crippen LogP contribution < -0.4 is 10.6 Å². The van der Waals surface area contributed by atoms with Crippen LogP contribution in [-0.4, -0.2) is 30.2 Å². The number of rotatable bonds is 8. The maximum absolute atomic E-state index is 5.12. The Labute approximate surface area is 160 Å². The van der Waals surface area contributed by atoms with Crippen LogP contribution in [-0.2, 0) is 11.2 Å². The number of anilines is 3. The van der Waals surface area contributed by atoms with E-state index in [1.54, 1.807) is 7.11 Å². The van der Waals surface area contributed by atoms with E-state index in [1.807, 2.05) is 24.3 Å². The number of hydrogen-bond donors (Lipinski definition) is 2. The highest BCUT2D eigenvalue weighted by molar-refractivity contribution is 5.70. The Morgan fingerprint density at radius 3 is 2.56 bits per heavy atom. The van der Waals surface area contributed by atoms with E-state index < -0.39 is 0 Å². The number of aromatic nitrogens is 2. The lowest BCUT2D eigenvalue weighted by molar-refractivity contribution is 0.210. The second-order valence-electron chi connectivity index (χ2n) is 6.34. The van der Waals surface area contributed by atoms with E-state index in [1.165, 1.54) is 11.1 Å². The fourth-order valence-corrected chi connectivity index (χ4v) is 2.94. The Bertz CT molecular complexity index is 881. The fraction of sp³-hybridized carbons (Fsp3) is 0.273. The molecule has 0 fully saturated rings. The molecule has 0 spiro atoms. The molecule has 5 nitrogen and oxygen atoms in total. The van der Waals surface area contributed by atoms with E-state index in [0.717, 1.165) is 29.2 Å². The van der Waals surface area contributed by atoms with Gasteiger partial charge in [0.15, 0.2) is 0 Å². The zero-order valence-corrected chi connectivity index (χ0v) is 16.1. The molecule has 1 aromatic heterocycles. The summed E-state index contributed by atoms with van der Waals surface area (Å²) >= 11 is 0. The van der Waals surface area contributed by atoms with Gasteiger partial charge in [0.1, 0.15) is 5.82 Å². The van der Waals surface area contributed by atoms with Gasteiger partial charge in [0, 0.05) is 31.0 Å². The number of nitrogens with zero attached hydrogens (tertiary/aromatic N) is 2. The third kappa shape index (κ3) is 4.83. The van der Waals surface area contributed by atoms with Gasteiger partial charge in [-0.15, -0.1) is 0 Å². The molecule has 2 aromatic carbocycles. The molecule has 0 bridgehead atoms. The van der Waals surface area contributed by atoms with Crippen LogP contribution in [0.5, 0.6) is 0 Å². The van der Waals surface area contributed by atoms with Crippen LogP contribution in [0.1, 0.15) is 18.1 Å². The lowest BCUT2D eigenvalue weighted by Gasteiger charge is -2.15. The van der Waals surface area contributed by atoms with Crippen molar-refractivity contribution in [1.29, 1.82) is 0 Å². The molecule has 0 unspecified atom stereocenters. The summed E-state index contributed by atoms with van der Waals surface area (Å²) < 4.78 is 5.12. The zero-order chi connectivity index (χ0) is 19.1. The van der Waals surface area contributed by atoms with Gasteiger partial charge in [0.05, 0.1) is 12.3 Å². The van der Waals surface area contributed by atoms with Crippen LogP contribution in [0.15, 0.2) is 54.6 Å². The van der Waals surface area contributed by atoms with E-state index in [2.05, 4.69) is 64.8 Å². The summed E-state index contributed by atoms with van der Waals surface area (Å²) in [6.45, 7) is 5.52. The maximum Gasteiger partial charge on any atom is 0.225 e. The predicted octanol–water partition coefficient (Wildman–Crippen LogP) is 4.82. The van der Waals surface area contributed by atoms with Gasteiger partial charge in [-0.25, -0.2) is 4.98 Å². The number of aryl methyl sites for hydroxylation is 2. The molecule has 3 aromatic rings. The Morgan fingerprint density at radius 2 is 1.81 bits per heavy atom. The molecule has 1 heterocycles. The monoisotopic (exact) mass is 362 g/mol. The van der Waals surface area contributed by atoms with Crippen molar-refractivity contribution in [3.63, 3.8) is 0 Å². The largest absolute Gasteiger partial charge is 0.383 e. The van der Waals surface area contributed by atoms with Crippen molar-refractivity contribution < 1.29 is 4.74 Å². The average molecular weight is 362 g/mol. The number of benzene rings is 2. The van der Waals surface area contributed by atoms with Crippen molar-refractivity contribution in [1.82, 2.24) is 9.97 Å². The van der Waals surface area contributed by atoms with Crippen molar-refractivity contribution in [2.75, 3.05) is 30.9 Å². The molecule has 0 radical (unpaired) electrons. The first-order valence-corrected chi connectivity index (χ1v) is 9.24. The maximum atomic E-state index is 5.12. The molecular weight excluding hydrogens is 336 g/mol. The summed E-state index contributed by atoms with van der Waals surface area (Å²) in [4.78, 5) is 9.32. The Kier molecular flexibility index (Phi) is 6.39. The third-order valence-corrected chi connectivity index (χ3v) is 4.38. The van der Waals surface area contributed by atoms with Gasteiger partial charge in [-0.05, 0) is 24.5 Å². The normalized spacial score (nSPS) is 10.6. The van der Waals surface area contributed by atoms with Crippen molar-refractivity contribution in [3.05, 3.63) is 65.7 Å². The van der Waals surface area contributed by atoms with Crippen LogP contribution in [0.4, 0.5) is 17.5 Å². The van der Waals surface area contributed by atoms with Gasteiger partial charge in [-0.2, -0.15) is 4.98 Å². The Morgan fingerprint density at radius 1 is 1.00 bits per heavy atom. The van der Waals surface area contributed by atoms with Crippen molar-refractivity contribution >= 4 is 17.5 Å². The van der Waals surface area contributed by atoms with Crippen LogP contribution in [0.2, 0.25) is 0 Å². The van der Waals surface area contributed by atoms with Gasteiger partial charge in [0.2, 0.25) is 5.95 Å². The summed E-state index contributed by atoms with van der Waals surface area (Å²) in [6, 6.07) is 18.5. The van der Waals surface area contributed by atoms with E-state index in [4.69, 9.17) is 4.74 Å². The highest BCUT2D eigenvalue weighted by atomic mass is 16.5. The molecule has 140 valence electrons. The minimum atomic E-state index is 0.586. The Hall–Kier alpha value is -2.92. The van der Waals surface area contributed by atoms with Crippen LogP contribution >= 0.6 is 0 Å². The minimum absolute atomic E-state index is 0.586. The number of para-hydroxylation sites is 1. The minimum Gasteiger partial charge on any atom is -0.383 e. The summed E-state index contributed by atoms with van der Waals surface area (Å²) in [6.07, 6.45) is 0.958. The summed E-state index contributed by atoms with van der Waals surface area (Å²) in [5, 5.41) is 6.75. The molecule has 0 amide bonds. The van der Waals surface area contributed by atoms with E-state index in [9.17, 15) is 0 Å². The molecule has 0 aliphatic heterocycles. The Balaban J connectivity index is 1.97. The summed E-state index contributed by atoms with van der Waals surface area (Å²) in [7, 11) is 1.68. The molecule has 5 heteroatoms. The molecule has 0 aliphatic carbocycles. The molecule has 3 rings (SSSR count). The van der Waals surface area contributed by atoms with E-state index in [-0.39, 0.29) is 0 Å². The lowest BCUT2D eigenvalue weighted by Crippen LogP contribution is -2.11. The lowest BCUT2D eigenvalue weighted by atomic mass is 10.1. The molecule has 27 heavy (non-hydrogen) atoms. The topological polar surface area (TPSA) is 59.1 Å². The summed E-state index contributed by atoms with van der Waals surface area (Å²) in [5.41, 5.74) is 5.50.